The van der Waals surface area contributed by atoms with Crippen LogP contribution in [0.4, 0.5) is 0 Å². The van der Waals surface area contributed by atoms with Crippen molar-refractivity contribution in [3.8, 4) is 0 Å². The number of methoxy groups -OCH3 is 1. The molecule has 4 rings (SSSR count). The van der Waals surface area contributed by atoms with E-state index in [1.54, 1.807) is 0 Å². The monoisotopic (exact) mass is 348 g/mol. The summed E-state index contributed by atoms with van der Waals surface area (Å²) in [7, 11) is 1.93. The van der Waals surface area contributed by atoms with Gasteiger partial charge in [-0.3, -0.25) is 0 Å². The molecule has 0 amide bonds. The second kappa shape index (κ2) is 7.53. The van der Waals surface area contributed by atoms with Crippen molar-refractivity contribution in [3.05, 3.63) is 0 Å². The Labute approximate surface area is 157 Å². The van der Waals surface area contributed by atoms with Gasteiger partial charge in [-0.25, -0.2) is 0 Å². The highest BCUT2D eigenvalue weighted by molar-refractivity contribution is 5.09. The zero-order valence-corrected chi connectivity index (χ0v) is 17.9. The van der Waals surface area contributed by atoms with Crippen LogP contribution >= 0.6 is 0 Å². The fraction of sp³-hybridized carbons (Fsp3) is 1.00. The molecule has 0 N–H and O–H groups in total. The van der Waals surface area contributed by atoms with Crippen molar-refractivity contribution in [2.45, 2.75) is 105 Å². The SMILES string of the molecule is CC.CCC1CCC2C3CCC4CC(OC)CCC4(C)C3CCC12C. The van der Waals surface area contributed by atoms with Gasteiger partial charge in [0.25, 0.3) is 0 Å². The van der Waals surface area contributed by atoms with E-state index in [1.807, 2.05) is 21.0 Å². The van der Waals surface area contributed by atoms with Gasteiger partial charge >= 0.3 is 0 Å². The number of rotatable bonds is 2. The summed E-state index contributed by atoms with van der Waals surface area (Å²) >= 11 is 0. The summed E-state index contributed by atoms with van der Waals surface area (Å²) in [4.78, 5) is 0. The first-order chi connectivity index (χ1) is 12.0. The number of hydrogen-bond donors (Lipinski definition) is 0. The van der Waals surface area contributed by atoms with Crippen molar-refractivity contribution < 1.29 is 4.74 Å². The number of hydrogen-bond acceptors (Lipinski definition) is 1. The molecule has 1 nitrogen and oxygen atoms in total. The van der Waals surface area contributed by atoms with Gasteiger partial charge in [0.2, 0.25) is 0 Å². The molecule has 0 spiro atoms. The van der Waals surface area contributed by atoms with E-state index in [0.717, 1.165) is 29.6 Å². The first kappa shape index (κ1) is 19.7. The van der Waals surface area contributed by atoms with Crippen LogP contribution in [0.5, 0.6) is 0 Å². The van der Waals surface area contributed by atoms with Crippen LogP contribution in [0.1, 0.15) is 98.8 Å². The molecule has 4 saturated carbocycles. The summed E-state index contributed by atoms with van der Waals surface area (Å²) in [5, 5.41) is 0. The van der Waals surface area contributed by atoms with E-state index in [-0.39, 0.29) is 0 Å². The highest BCUT2D eigenvalue weighted by atomic mass is 16.5. The van der Waals surface area contributed by atoms with Crippen LogP contribution < -0.4 is 0 Å². The van der Waals surface area contributed by atoms with E-state index in [4.69, 9.17) is 4.74 Å². The standard InChI is InChI=1S/C22H38O.C2H6/c1-5-15-7-9-19-18-8-6-16-14-17(23-4)10-12-22(16,3)20(18)11-13-21(15,19)2;1-2/h15-20H,5-14H2,1-4H3;1-2H3. The zero-order chi connectivity index (χ0) is 18.2. The molecule has 4 fully saturated rings. The minimum Gasteiger partial charge on any atom is -0.381 e. The van der Waals surface area contributed by atoms with Crippen LogP contribution in [0.25, 0.3) is 0 Å². The third-order valence-electron chi connectivity index (χ3n) is 9.64. The van der Waals surface area contributed by atoms with Gasteiger partial charge in [-0.2, -0.15) is 0 Å². The van der Waals surface area contributed by atoms with Gasteiger partial charge in [-0.1, -0.05) is 41.0 Å². The summed E-state index contributed by atoms with van der Waals surface area (Å²) < 4.78 is 5.74. The number of fused-ring (bicyclic) bond motifs is 5. The highest BCUT2D eigenvalue weighted by Gasteiger charge is 2.59. The predicted molar refractivity (Wildman–Crippen MR) is 108 cm³/mol. The Hall–Kier alpha value is -0.0400. The molecular weight excluding hydrogens is 304 g/mol. The summed E-state index contributed by atoms with van der Waals surface area (Å²) in [5.74, 6) is 5.07. The smallest absolute Gasteiger partial charge is 0.0574 e. The molecule has 0 aromatic carbocycles. The van der Waals surface area contributed by atoms with Crippen LogP contribution in [0, 0.1) is 40.4 Å². The van der Waals surface area contributed by atoms with Crippen molar-refractivity contribution in [3.63, 3.8) is 0 Å². The van der Waals surface area contributed by atoms with Crippen molar-refractivity contribution in [1.29, 1.82) is 0 Å². The fourth-order valence-corrected chi connectivity index (χ4v) is 8.21. The average Bonchev–Trinajstić information content (AvgIpc) is 2.99. The second-order valence-corrected chi connectivity index (χ2v) is 10.0. The first-order valence-corrected chi connectivity index (χ1v) is 11.6. The van der Waals surface area contributed by atoms with Gasteiger partial charge in [0, 0.05) is 7.11 Å². The lowest BCUT2D eigenvalue weighted by atomic mass is 9.44. The Bertz CT molecular complexity index is 445. The summed E-state index contributed by atoms with van der Waals surface area (Å²) in [6, 6.07) is 0. The predicted octanol–water partition coefficient (Wildman–Crippen LogP) is 7.10. The van der Waals surface area contributed by atoms with Crippen LogP contribution in [0.3, 0.4) is 0 Å². The largest absolute Gasteiger partial charge is 0.381 e. The van der Waals surface area contributed by atoms with Gasteiger partial charge in [-0.15, -0.1) is 0 Å². The summed E-state index contributed by atoms with van der Waals surface area (Å²) in [6.45, 7) is 11.8. The van der Waals surface area contributed by atoms with E-state index in [1.165, 1.54) is 64.2 Å². The van der Waals surface area contributed by atoms with Crippen LogP contribution in [-0.2, 0) is 4.74 Å². The Kier molecular flexibility index (Phi) is 5.94. The summed E-state index contributed by atoms with van der Waals surface area (Å²) in [5.41, 5.74) is 1.31. The molecule has 0 radical (unpaired) electrons. The lowest BCUT2D eigenvalue weighted by Gasteiger charge is -2.61. The maximum atomic E-state index is 5.74. The Morgan fingerprint density at radius 2 is 1.52 bits per heavy atom. The minimum atomic E-state index is 0.550. The first-order valence-electron chi connectivity index (χ1n) is 11.6. The van der Waals surface area contributed by atoms with E-state index < -0.39 is 0 Å². The van der Waals surface area contributed by atoms with Crippen LogP contribution in [0.15, 0.2) is 0 Å². The topological polar surface area (TPSA) is 9.23 Å². The van der Waals surface area contributed by atoms with Crippen molar-refractivity contribution in [1.82, 2.24) is 0 Å². The van der Waals surface area contributed by atoms with Gasteiger partial charge in [-0.05, 0) is 98.2 Å². The van der Waals surface area contributed by atoms with Gasteiger partial charge < -0.3 is 4.74 Å². The lowest BCUT2D eigenvalue weighted by Crippen LogP contribution is -2.54. The van der Waals surface area contributed by atoms with Gasteiger partial charge in [0.1, 0.15) is 0 Å². The molecule has 4 aliphatic rings. The molecule has 0 aromatic rings. The van der Waals surface area contributed by atoms with E-state index in [0.29, 0.717) is 16.9 Å². The average molecular weight is 349 g/mol. The minimum absolute atomic E-state index is 0.550. The van der Waals surface area contributed by atoms with Crippen molar-refractivity contribution >= 4 is 0 Å². The molecular formula is C24H44O. The molecule has 0 aromatic heterocycles. The maximum Gasteiger partial charge on any atom is 0.0574 e. The van der Waals surface area contributed by atoms with Gasteiger partial charge in [0.05, 0.1) is 6.10 Å². The molecule has 146 valence electrons. The van der Waals surface area contributed by atoms with Crippen molar-refractivity contribution in [2.75, 3.05) is 7.11 Å². The molecule has 0 bridgehead atoms. The second-order valence-electron chi connectivity index (χ2n) is 10.0. The summed E-state index contributed by atoms with van der Waals surface area (Å²) in [6.07, 6.45) is 15.2. The molecule has 1 heteroatoms. The molecule has 0 heterocycles. The maximum absolute atomic E-state index is 5.74. The van der Waals surface area contributed by atoms with Crippen LogP contribution in [-0.4, -0.2) is 13.2 Å². The fourth-order valence-electron chi connectivity index (χ4n) is 8.21. The van der Waals surface area contributed by atoms with E-state index in [2.05, 4.69) is 20.8 Å². The molecule has 0 saturated heterocycles. The Balaban J connectivity index is 0.000000880. The molecule has 4 aliphatic carbocycles. The molecule has 25 heavy (non-hydrogen) atoms. The normalized spacial score (nSPS) is 51.6. The number of ether oxygens (including phenoxy) is 1. The Morgan fingerprint density at radius 3 is 2.20 bits per heavy atom. The van der Waals surface area contributed by atoms with E-state index >= 15 is 0 Å². The van der Waals surface area contributed by atoms with Gasteiger partial charge in [0.15, 0.2) is 0 Å². The molecule has 8 unspecified atom stereocenters. The van der Waals surface area contributed by atoms with Crippen molar-refractivity contribution in [2.24, 2.45) is 40.4 Å². The third-order valence-corrected chi connectivity index (χ3v) is 9.64. The zero-order valence-electron chi connectivity index (χ0n) is 17.9. The third kappa shape index (κ3) is 3.01. The van der Waals surface area contributed by atoms with E-state index in [9.17, 15) is 0 Å². The Morgan fingerprint density at radius 1 is 0.840 bits per heavy atom. The van der Waals surface area contributed by atoms with Crippen LogP contribution in [0.2, 0.25) is 0 Å². The highest BCUT2D eigenvalue weighted by Crippen LogP contribution is 2.67. The quantitative estimate of drug-likeness (QED) is 0.517. The lowest BCUT2D eigenvalue weighted by molar-refractivity contribution is -0.130. The molecule has 0 aliphatic heterocycles. The molecule has 8 atom stereocenters.